The van der Waals surface area contributed by atoms with Gasteiger partial charge in [0, 0.05) is 25.2 Å². The minimum absolute atomic E-state index is 0.168. The van der Waals surface area contributed by atoms with Crippen LogP contribution in [0.4, 0.5) is 10.5 Å². The molecule has 1 aromatic heterocycles. The van der Waals surface area contributed by atoms with Gasteiger partial charge in [-0.3, -0.25) is 9.78 Å². The number of nitrogens with zero attached hydrogens (tertiary/aromatic N) is 1. The van der Waals surface area contributed by atoms with Crippen LogP contribution in [0.1, 0.15) is 37.7 Å². The van der Waals surface area contributed by atoms with E-state index in [0.717, 1.165) is 42.1 Å². The fraction of sp³-hybridized carbons (Fsp3) is 0.346. The summed E-state index contributed by atoms with van der Waals surface area (Å²) < 4.78 is 10.6. The smallest absolute Gasteiger partial charge is 0.407 e. The number of rotatable bonds is 12. The van der Waals surface area contributed by atoms with Gasteiger partial charge in [-0.25, -0.2) is 4.79 Å². The Morgan fingerprint density at radius 2 is 1.73 bits per heavy atom. The number of nitrogens with one attached hydrogen (secondary N) is 2. The van der Waals surface area contributed by atoms with E-state index >= 15 is 0 Å². The van der Waals surface area contributed by atoms with Gasteiger partial charge in [-0.05, 0) is 30.5 Å². The number of pyridine rings is 1. The van der Waals surface area contributed by atoms with Gasteiger partial charge >= 0.3 is 6.09 Å². The zero-order valence-electron chi connectivity index (χ0n) is 19.0. The van der Waals surface area contributed by atoms with Crippen molar-refractivity contribution in [1.29, 1.82) is 0 Å². The third-order valence-electron chi connectivity index (χ3n) is 5.34. The van der Waals surface area contributed by atoms with E-state index in [0.29, 0.717) is 18.7 Å². The first-order valence-electron chi connectivity index (χ1n) is 11.3. The first-order chi connectivity index (χ1) is 16.2. The molecule has 0 aliphatic heterocycles. The molecule has 1 atom stereocenters. The van der Waals surface area contributed by atoms with E-state index in [1.54, 1.807) is 13.3 Å². The molecule has 0 fully saturated rings. The molecule has 0 aliphatic carbocycles. The summed E-state index contributed by atoms with van der Waals surface area (Å²) in [5, 5.41) is 6.69. The SMILES string of the molecule is CO[C@@H](CCCCCCNC(=O)OCc1ccccc1)C(=O)Nc1cccc2cccnc12. The van der Waals surface area contributed by atoms with Gasteiger partial charge in [-0.1, -0.05) is 67.8 Å². The summed E-state index contributed by atoms with van der Waals surface area (Å²) in [7, 11) is 1.55. The van der Waals surface area contributed by atoms with Crippen LogP contribution in [0.25, 0.3) is 10.9 Å². The van der Waals surface area contributed by atoms with Crippen LogP contribution >= 0.6 is 0 Å². The third-order valence-corrected chi connectivity index (χ3v) is 5.34. The minimum atomic E-state index is -0.518. The fourth-order valence-electron chi connectivity index (χ4n) is 3.55. The maximum Gasteiger partial charge on any atom is 0.407 e. The van der Waals surface area contributed by atoms with Crippen LogP contribution in [0.2, 0.25) is 0 Å². The molecule has 2 aromatic carbocycles. The predicted molar refractivity (Wildman–Crippen MR) is 129 cm³/mol. The van der Waals surface area contributed by atoms with Crippen LogP contribution in [0.15, 0.2) is 66.9 Å². The van der Waals surface area contributed by atoms with Crippen molar-refractivity contribution < 1.29 is 19.1 Å². The molecule has 1 heterocycles. The molecule has 0 spiro atoms. The summed E-state index contributed by atoms with van der Waals surface area (Å²) in [6.07, 6.45) is 5.03. The van der Waals surface area contributed by atoms with Gasteiger partial charge in [0.25, 0.3) is 5.91 Å². The number of para-hydroxylation sites is 1. The zero-order chi connectivity index (χ0) is 23.3. The van der Waals surface area contributed by atoms with Gasteiger partial charge in [0.05, 0.1) is 11.2 Å². The van der Waals surface area contributed by atoms with Crippen molar-refractivity contribution in [3.8, 4) is 0 Å². The van der Waals surface area contributed by atoms with Gasteiger partial charge in [0.15, 0.2) is 0 Å². The molecule has 2 amide bonds. The van der Waals surface area contributed by atoms with Crippen LogP contribution in [0, 0.1) is 0 Å². The lowest BCUT2D eigenvalue weighted by molar-refractivity contribution is -0.126. The number of anilines is 1. The van der Waals surface area contributed by atoms with Crippen LogP contribution in [-0.4, -0.2) is 36.7 Å². The number of fused-ring (bicyclic) bond motifs is 1. The lowest BCUT2D eigenvalue weighted by atomic mass is 10.1. The number of ether oxygens (including phenoxy) is 2. The first kappa shape index (κ1) is 24.2. The van der Waals surface area contributed by atoms with Crippen molar-refractivity contribution in [2.45, 2.75) is 44.8 Å². The standard InChI is InChI=1S/C26H31N3O4/c1-32-23(25(30)29-22-15-9-13-21-14-10-18-27-24(21)22)16-7-2-3-8-17-28-26(31)33-19-20-11-5-4-6-12-20/h4-6,9-15,18,23H,2-3,7-8,16-17,19H2,1H3,(H,28,31)(H,29,30)/t23-/m0/s1. The van der Waals surface area contributed by atoms with E-state index in [-0.39, 0.29) is 12.5 Å². The van der Waals surface area contributed by atoms with E-state index in [4.69, 9.17) is 9.47 Å². The summed E-state index contributed by atoms with van der Waals surface area (Å²) in [6, 6.07) is 19.1. The summed E-state index contributed by atoms with van der Waals surface area (Å²) >= 11 is 0. The van der Waals surface area contributed by atoms with E-state index in [9.17, 15) is 9.59 Å². The number of alkyl carbamates (subject to hydrolysis) is 1. The van der Waals surface area contributed by atoms with Crippen molar-refractivity contribution in [3.63, 3.8) is 0 Å². The van der Waals surface area contributed by atoms with Crippen molar-refractivity contribution in [2.24, 2.45) is 0 Å². The van der Waals surface area contributed by atoms with Crippen LogP contribution in [0.3, 0.4) is 0 Å². The number of benzene rings is 2. The quantitative estimate of drug-likeness (QED) is 0.377. The summed E-state index contributed by atoms with van der Waals surface area (Å²) in [6.45, 7) is 0.831. The molecule has 0 radical (unpaired) electrons. The number of carbonyl (C=O) groups is 2. The van der Waals surface area contributed by atoms with Crippen molar-refractivity contribution in [2.75, 3.05) is 19.0 Å². The molecule has 0 saturated heterocycles. The van der Waals surface area contributed by atoms with Crippen molar-refractivity contribution in [3.05, 3.63) is 72.4 Å². The third kappa shape index (κ3) is 7.88. The lowest BCUT2D eigenvalue weighted by Gasteiger charge is -2.16. The first-order valence-corrected chi connectivity index (χ1v) is 11.3. The Morgan fingerprint density at radius 1 is 0.939 bits per heavy atom. The van der Waals surface area contributed by atoms with Gasteiger partial charge in [0.1, 0.15) is 12.7 Å². The van der Waals surface area contributed by atoms with E-state index in [1.165, 1.54) is 0 Å². The second-order valence-electron chi connectivity index (χ2n) is 7.79. The number of aromatic nitrogens is 1. The highest BCUT2D eigenvalue weighted by atomic mass is 16.5. The Kier molecular flexibility index (Phi) is 9.66. The van der Waals surface area contributed by atoms with Gasteiger partial charge in [-0.15, -0.1) is 0 Å². The molecule has 3 aromatic rings. The second kappa shape index (κ2) is 13.2. The molecule has 0 aliphatic rings. The molecule has 0 saturated carbocycles. The van der Waals surface area contributed by atoms with E-state index < -0.39 is 12.2 Å². The predicted octanol–water partition coefficient (Wildman–Crippen LogP) is 5.07. The molecule has 174 valence electrons. The maximum atomic E-state index is 12.7. The number of amides is 2. The summed E-state index contributed by atoms with van der Waals surface area (Å²) in [5.74, 6) is -0.168. The molecule has 33 heavy (non-hydrogen) atoms. The average Bonchev–Trinajstić information content (AvgIpc) is 2.85. The summed E-state index contributed by atoms with van der Waals surface area (Å²) in [5.41, 5.74) is 2.41. The lowest BCUT2D eigenvalue weighted by Crippen LogP contribution is -2.29. The number of carbonyl (C=O) groups excluding carboxylic acids is 2. The highest BCUT2D eigenvalue weighted by molar-refractivity contribution is 6.01. The normalized spacial score (nSPS) is 11.7. The Balaban J connectivity index is 1.30. The van der Waals surface area contributed by atoms with Gasteiger partial charge < -0.3 is 20.1 Å². The molecule has 7 heteroatoms. The van der Waals surface area contributed by atoms with Gasteiger partial charge in [0.2, 0.25) is 0 Å². The van der Waals surface area contributed by atoms with Crippen LogP contribution in [0.5, 0.6) is 0 Å². The Hall–Kier alpha value is -3.45. The molecule has 2 N–H and O–H groups in total. The number of methoxy groups -OCH3 is 1. The summed E-state index contributed by atoms with van der Waals surface area (Å²) in [4.78, 5) is 28.8. The minimum Gasteiger partial charge on any atom is -0.445 e. The monoisotopic (exact) mass is 449 g/mol. The van der Waals surface area contributed by atoms with E-state index in [1.807, 2.05) is 60.7 Å². The largest absolute Gasteiger partial charge is 0.445 e. The molecular weight excluding hydrogens is 418 g/mol. The highest BCUT2D eigenvalue weighted by Crippen LogP contribution is 2.21. The number of hydrogen-bond donors (Lipinski definition) is 2. The van der Waals surface area contributed by atoms with Crippen LogP contribution in [-0.2, 0) is 20.9 Å². The molecule has 0 bridgehead atoms. The van der Waals surface area contributed by atoms with Gasteiger partial charge in [-0.2, -0.15) is 0 Å². The Morgan fingerprint density at radius 3 is 2.55 bits per heavy atom. The zero-order valence-corrected chi connectivity index (χ0v) is 19.0. The molecule has 7 nitrogen and oxygen atoms in total. The van der Waals surface area contributed by atoms with Crippen molar-refractivity contribution in [1.82, 2.24) is 10.3 Å². The molecule has 3 rings (SSSR count). The number of hydrogen-bond acceptors (Lipinski definition) is 5. The Labute approximate surface area is 194 Å². The van der Waals surface area contributed by atoms with E-state index in [2.05, 4.69) is 15.6 Å². The number of unbranched alkanes of at least 4 members (excludes halogenated alkanes) is 3. The topological polar surface area (TPSA) is 89.5 Å². The fourth-order valence-corrected chi connectivity index (χ4v) is 3.55. The average molecular weight is 450 g/mol. The second-order valence-corrected chi connectivity index (χ2v) is 7.79. The molecular formula is C26H31N3O4. The van der Waals surface area contributed by atoms with Crippen molar-refractivity contribution >= 4 is 28.6 Å². The van der Waals surface area contributed by atoms with Crippen LogP contribution < -0.4 is 10.6 Å². The molecule has 0 unspecified atom stereocenters. The highest BCUT2D eigenvalue weighted by Gasteiger charge is 2.18. The Bertz CT molecular complexity index is 1020. The maximum absolute atomic E-state index is 12.7.